The first-order valence-corrected chi connectivity index (χ1v) is 18.7. The van der Waals surface area contributed by atoms with Gasteiger partial charge >= 0.3 is 0 Å². The molecule has 0 radical (unpaired) electrons. The zero-order valence-electron chi connectivity index (χ0n) is 26.5. The van der Waals surface area contributed by atoms with Gasteiger partial charge in [-0.2, -0.15) is 0 Å². The van der Waals surface area contributed by atoms with Crippen LogP contribution in [-0.4, -0.2) is 17.9 Å². The third-order valence-corrected chi connectivity index (χ3v) is 16.3. The van der Waals surface area contributed by atoms with Gasteiger partial charge in [-0.05, 0) is 134 Å². The lowest BCUT2D eigenvalue weighted by atomic mass is 9.66. The quantitative estimate of drug-likeness (QED) is 0.275. The van der Waals surface area contributed by atoms with E-state index >= 15 is 0 Å². The second-order valence-electron chi connectivity index (χ2n) is 17.4. The summed E-state index contributed by atoms with van der Waals surface area (Å²) in [5, 5.41) is 4.21. The second-order valence-corrected chi connectivity index (χ2v) is 17.4. The zero-order valence-corrected chi connectivity index (χ0v) is 26.5. The van der Waals surface area contributed by atoms with E-state index in [1.807, 2.05) is 0 Å². The van der Waals surface area contributed by atoms with Crippen LogP contribution in [0.5, 0.6) is 0 Å². The summed E-state index contributed by atoms with van der Waals surface area (Å²) in [4.78, 5) is 12.7. The predicted molar refractivity (Wildman–Crippen MR) is 177 cm³/mol. The number of nitrogens with one attached hydrogen (secondary N) is 1. The van der Waals surface area contributed by atoms with Crippen LogP contribution < -0.4 is 11.1 Å². The van der Waals surface area contributed by atoms with Gasteiger partial charge in [0, 0.05) is 17.0 Å². The van der Waals surface area contributed by atoms with E-state index in [-0.39, 0.29) is 17.0 Å². The fourth-order valence-electron chi connectivity index (χ4n) is 14.7. The van der Waals surface area contributed by atoms with Gasteiger partial charge in [-0.25, -0.2) is 0 Å². The van der Waals surface area contributed by atoms with E-state index in [9.17, 15) is 4.79 Å². The summed E-state index contributed by atoms with van der Waals surface area (Å²) in [6.07, 6.45) is 27.7. The minimum absolute atomic E-state index is 0.0204. The molecule has 2 aliphatic heterocycles. The summed E-state index contributed by atoms with van der Waals surface area (Å²) >= 11 is 0. The Morgan fingerprint density at radius 3 is 2.61 bits per heavy atom. The maximum absolute atomic E-state index is 12.7. The monoisotopic (exact) mass is 588 g/mol. The molecule has 6 fully saturated rings. The predicted octanol–water partition coefficient (Wildman–Crippen LogP) is 8.30. The third-order valence-electron chi connectivity index (χ3n) is 16.3. The van der Waals surface area contributed by atoms with Crippen LogP contribution in [-0.2, 0) is 4.79 Å². The van der Waals surface area contributed by atoms with Crippen LogP contribution in [0.15, 0.2) is 60.7 Å². The van der Waals surface area contributed by atoms with Crippen molar-refractivity contribution < 1.29 is 4.79 Å². The van der Waals surface area contributed by atoms with Crippen molar-refractivity contribution in [3.8, 4) is 0 Å². The van der Waals surface area contributed by atoms with Gasteiger partial charge < -0.3 is 15.8 Å². The standard InChI is InChI=1S/C41H52N2O/c1-23-10-13-35-39(34-19-26(18-32(23)34)24-6-2-3-7-24)41(35,38(42)22-44)28-11-12-30-27(17-28)20-36-33(30)21-29-16-25-14-15-40(29,36)43-37-9-5-4-8-31(25)37/h4-5,8-9,11-12,14-15,22,24-30,32-36,38-39,43H,1-3,6-7,10,13,16-21,42H2/t25-,26-,27+,28-,29-,30+,32+,33-,34+,35+,36+,38-,39-,40+,41+/m0/s1. The molecule has 0 aromatic heterocycles. The molecule has 44 heavy (non-hydrogen) atoms. The molecule has 0 amide bonds. The Morgan fingerprint density at radius 1 is 0.886 bits per heavy atom. The van der Waals surface area contributed by atoms with Gasteiger partial charge in [0.25, 0.3) is 0 Å². The van der Waals surface area contributed by atoms with Crippen molar-refractivity contribution in [2.45, 2.75) is 94.5 Å². The first kappa shape index (κ1) is 27.0. The Hall–Kier alpha value is -2.13. The van der Waals surface area contributed by atoms with Gasteiger partial charge in [-0.1, -0.05) is 80.3 Å². The Bertz CT molecular complexity index is 1440. The Balaban J connectivity index is 0.948. The fraction of sp³-hybridized carbons (Fsp3) is 0.683. The molecule has 1 aromatic carbocycles. The minimum Gasteiger partial charge on any atom is -0.375 e. The summed E-state index contributed by atoms with van der Waals surface area (Å²) in [7, 11) is 0. The van der Waals surface area contributed by atoms with Crippen molar-refractivity contribution in [1.29, 1.82) is 0 Å². The SMILES string of the molecule is C=C1CC[C@@H]2[C@H]([C@@H]3C[C@@H](C4CCCC4)C[C@H]13)[C@]2([C@@H](N)C=O)[C@H]1C=C[C@@H]2[C@@H](C[C@@H]3[C@H]2C[C@@H]2C[C@@H]4C=C[C@@]23Nc2ccccc24)C1. The van der Waals surface area contributed by atoms with Crippen LogP contribution in [0.2, 0.25) is 0 Å². The van der Waals surface area contributed by atoms with Crippen molar-refractivity contribution in [3.05, 3.63) is 66.3 Å². The first-order chi connectivity index (χ1) is 21.5. The van der Waals surface area contributed by atoms with E-state index < -0.39 is 0 Å². The van der Waals surface area contributed by atoms with Crippen LogP contribution in [0.25, 0.3) is 0 Å². The van der Waals surface area contributed by atoms with E-state index in [0.717, 1.165) is 42.3 Å². The molecular weight excluding hydrogens is 536 g/mol. The molecule has 232 valence electrons. The largest absolute Gasteiger partial charge is 0.375 e. The number of fused-ring (bicyclic) bond motifs is 6. The molecular formula is C41H52N2O. The number of nitrogens with two attached hydrogens (primary N) is 1. The van der Waals surface area contributed by atoms with Crippen molar-refractivity contribution in [3.63, 3.8) is 0 Å². The molecule has 1 spiro atoms. The number of hydrogen-bond donors (Lipinski definition) is 2. The van der Waals surface area contributed by atoms with Gasteiger partial charge in [0.1, 0.15) is 6.29 Å². The lowest BCUT2D eigenvalue weighted by Gasteiger charge is -2.41. The van der Waals surface area contributed by atoms with E-state index in [2.05, 4.69) is 60.5 Å². The third kappa shape index (κ3) is 3.41. The van der Waals surface area contributed by atoms with Crippen LogP contribution >= 0.6 is 0 Å². The summed E-state index contributed by atoms with van der Waals surface area (Å²) in [5.74, 6) is 9.06. The van der Waals surface area contributed by atoms with Crippen LogP contribution in [0.1, 0.15) is 88.5 Å². The lowest BCUT2D eigenvalue weighted by molar-refractivity contribution is -0.111. The first-order valence-electron chi connectivity index (χ1n) is 18.7. The number of para-hydroxylation sites is 1. The van der Waals surface area contributed by atoms with Crippen molar-refractivity contribution >= 4 is 12.0 Å². The molecule has 3 heteroatoms. The average Bonchev–Trinajstić information content (AvgIpc) is 3.48. The topological polar surface area (TPSA) is 55.1 Å². The summed E-state index contributed by atoms with van der Waals surface area (Å²) in [6, 6.07) is 8.78. The lowest BCUT2D eigenvalue weighted by Crippen LogP contribution is -2.46. The van der Waals surface area contributed by atoms with E-state index in [4.69, 9.17) is 5.73 Å². The normalized spacial score (nSPS) is 51.7. The van der Waals surface area contributed by atoms with Crippen LogP contribution in [0, 0.1) is 76.4 Å². The van der Waals surface area contributed by atoms with Gasteiger partial charge in [0.05, 0.1) is 11.6 Å². The maximum Gasteiger partial charge on any atom is 0.137 e. The van der Waals surface area contributed by atoms with E-state index in [0.29, 0.717) is 47.3 Å². The Labute approximate surface area is 264 Å². The molecule has 0 unspecified atom stereocenters. The molecule has 3 nitrogen and oxygen atoms in total. The van der Waals surface area contributed by atoms with Gasteiger partial charge in [-0.15, -0.1) is 0 Å². The molecule has 3 N–H and O–H groups in total. The van der Waals surface area contributed by atoms with Gasteiger partial charge in [0.2, 0.25) is 0 Å². The summed E-state index contributed by atoms with van der Waals surface area (Å²) in [6.45, 7) is 4.68. The number of hydrogen-bond acceptors (Lipinski definition) is 3. The number of anilines is 1. The number of carbonyl (C=O) groups excluding carboxylic acids is 1. The highest BCUT2D eigenvalue weighted by Gasteiger charge is 2.74. The molecule has 2 bridgehead atoms. The molecule has 0 saturated heterocycles. The van der Waals surface area contributed by atoms with Gasteiger partial charge in [-0.3, -0.25) is 0 Å². The molecule has 2 heterocycles. The average molecular weight is 589 g/mol. The molecule has 10 aliphatic rings. The summed E-state index contributed by atoms with van der Waals surface area (Å²) < 4.78 is 0. The van der Waals surface area contributed by atoms with Crippen LogP contribution in [0.4, 0.5) is 5.69 Å². The Morgan fingerprint density at radius 2 is 1.75 bits per heavy atom. The van der Waals surface area contributed by atoms with Gasteiger partial charge in [0.15, 0.2) is 0 Å². The number of aldehydes is 1. The maximum atomic E-state index is 12.7. The summed E-state index contributed by atoms with van der Waals surface area (Å²) in [5.41, 5.74) is 11.5. The molecule has 1 aromatic rings. The second kappa shape index (κ2) is 9.46. The van der Waals surface area contributed by atoms with E-state index in [1.54, 1.807) is 0 Å². The Kier molecular flexibility index (Phi) is 5.81. The zero-order chi connectivity index (χ0) is 29.4. The highest BCUT2D eigenvalue weighted by molar-refractivity contribution is 5.62. The van der Waals surface area contributed by atoms with Crippen molar-refractivity contribution in [2.75, 3.05) is 5.32 Å². The number of carbonyl (C=O) groups is 1. The number of benzene rings is 1. The fourth-order valence-corrected chi connectivity index (χ4v) is 14.7. The van der Waals surface area contributed by atoms with Crippen LogP contribution in [0.3, 0.4) is 0 Å². The minimum atomic E-state index is -0.330. The van der Waals surface area contributed by atoms with Crippen molar-refractivity contribution in [2.24, 2.45) is 82.2 Å². The highest BCUT2D eigenvalue weighted by atomic mass is 16.1. The highest BCUT2D eigenvalue weighted by Crippen LogP contribution is 2.77. The van der Waals surface area contributed by atoms with E-state index in [1.165, 1.54) is 87.5 Å². The molecule has 11 rings (SSSR count). The number of allylic oxidation sites excluding steroid dienone is 4. The molecule has 8 aliphatic carbocycles. The molecule has 6 saturated carbocycles. The smallest absolute Gasteiger partial charge is 0.137 e. The van der Waals surface area contributed by atoms with Crippen molar-refractivity contribution in [1.82, 2.24) is 0 Å². The molecule has 15 atom stereocenters. The number of rotatable bonds is 4.